The van der Waals surface area contributed by atoms with Gasteiger partial charge < -0.3 is 20.1 Å². The first-order chi connectivity index (χ1) is 15.1. The lowest BCUT2D eigenvalue weighted by atomic mass is 10.0. The molecule has 0 saturated heterocycles. The van der Waals surface area contributed by atoms with E-state index in [-0.39, 0.29) is 42.6 Å². The van der Waals surface area contributed by atoms with E-state index in [9.17, 15) is 22.4 Å². The van der Waals surface area contributed by atoms with Gasteiger partial charge in [0.1, 0.15) is 35.7 Å². The zero-order valence-corrected chi connectivity index (χ0v) is 16.7. The third-order valence-electron chi connectivity index (χ3n) is 5.76. The lowest BCUT2D eigenvalue weighted by molar-refractivity contribution is -0.137. The van der Waals surface area contributed by atoms with E-state index in [2.05, 4.69) is 9.97 Å². The van der Waals surface area contributed by atoms with Crippen molar-refractivity contribution in [1.29, 1.82) is 0 Å². The minimum atomic E-state index is -4.57. The zero-order valence-electron chi connectivity index (χ0n) is 16.7. The molecule has 0 fully saturated rings. The van der Waals surface area contributed by atoms with Crippen LogP contribution in [-0.4, -0.2) is 34.4 Å². The number of halogens is 4. The maximum absolute atomic E-state index is 14.8. The molecule has 5 rings (SSSR count). The van der Waals surface area contributed by atoms with Crippen LogP contribution in [0.2, 0.25) is 0 Å². The molecule has 0 unspecified atom stereocenters. The molecule has 0 radical (unpaired) electrons. The number of anilines is 1. The predicted molar refractivity (Wildman–Crippen MR) is 104 cm³/mol. The van der Waals surface area contributed by atoms with Crippen LogP contribution in [0, 0.1) is 5.82 Å². The van der Waals surface area contributed by atoms with E-state index in [1.165, 1.54) is 18.0 Å². The molecule has 1 aromatic carbocycles. The first-order valence-corrected chi connectivity index (χ1v) is 9.60. The molecule has 2 aromatic heterocycles. The fraction of sp³-hybridized carbons (Fsp3) is 0.286. The summed E-state index contributed by atoms with van der Waals surface area (Å²) in [5, 5.41) is 0.556. The van der Waals surface area contributed by atoms with Crippen molar-refractivity contribution in [3.05, 3.63) is 58.2 Å². The van der Waals surface area contributed by atoms with Gasteiger partial charge in [-0.15, -0.1) is 0 Å². The first kappa shape index (κ1) is 20.4. The number of aromatic nitrogens is 2. The Kier molecular flexibility index (Phi) is 4.48. The first-order valence-electron chi connectivity index (χ1n) is 9.60. The van der Waals surface area contributed by atoms with Gasteiger partial charge in [-0.05, 0) is 17.7 Å². The SMILES string of the molecule is CN(C(=O)c1cc2c3c(c(N)nc2cc1F)COC3)[C@@H]1COc2cc(C(F)(F)F)cnc21. The predicted octanol–water partition coefficient (Wildman–Crippen LogP) is 3.61. The van der Waals surface area contributed by atoms with E-state index in [0.29, 0.717) is 22.7 Å². The number of likely N-dealkylation sites (N-methyl/N-ethyl adjacent to an activating group) is 1. The van der Waals surface area contributed by atoms with E-state index >= 15 is 0 Å². The van der Waals surface area contributed by atoms with Gasteiger partial charge in [-0.2, -0.15) is 13.2 Å². The number of benzene rings is 1. The highest BCUT2D eigenvalue weighted by molar-refractivity contribution is 5.99. The summed E-state index contributed by atoms with van der Waals surface area (Å²) in [6, 6.07) is 2.61. The van der Waals surface area contributed by atoms with Crippen molar-refractivity contribution in [2.24, 2.45) is 0 Å². The monoisotopic (exact) mass is 448 g/mol. The second kappa shape index (κ2) is 7.02. The van der Waals surface area contributed by atoms with Crippen LogP contribution in [0.1, 0.15) is 38.8 Å². The summed E-state index contributed by atoms with van der Waals surface area (Å²) in [4.78, 5) is 22.4. The van der Waals surface area contributed by atoms with Crippen molar-refractivity contribution < 1.29 is 31.8 Å². The maximum atomic E-state index is 14.8. The average molecular weight is 448 g/mol. The zero-order chi connectivity index (χ0) is 22.8. The number of nitrogen functional groups attached to an aromatic ring is 1. The number of hydrogen-bond acceptors (Lipinski definition) is 6. The van der Waals surface area contributed by atoms with E-state index in [0.717, 1.165) is 17.7 Å². The molecule has 2 N–H and O–H groups in total. The lowest BCUT2D eigenvalue weighted by Gasteiger charge is -2.23. The van der Waals surface area contributed by atoms with Gasteiger partial charge in [-0.1, -0.05) is 0 Å². The molecule has 0 aliphatic carbocycles. The number of amides is 1. The number of nitrogens with two attached hydrogens (primary N) is 1. The summed E-state index contributed by atoms with van der Waals surface area (Å²) in [5.41, 5.74) is 6.70. The Hall–Kier alpha value is -3.47. The standard InChI is InChI=1S/C21H16F4N4O3/c1-29(16-8-32-17-2-9(21(23,24)25)5-27-18(16)17)20(30)11-3-10-12-6-31-7-13(12)19(26)28-15(10)4-14(11)22/h2-5,16H,6-8H2,1H3,(H2,26,28)/t16-/m1/s1. The Morgan fingerprint density at radius 3 is 2.72 bits per heavy atom. The van der Waals surface area contributed by atoms with Gasteiger partial charge in [-0.3, -0.25) is 9.78 Å². The molecular formula is C21H16F4N4O3. The Morgan fingerprint density at radius 2 is 1.97 bits per heavy atom. The van der Waals surface area contributed by atoms with E-state index < -0.39 is 29.5 Å². The molecule has 1 amide bonds. The molecular weight excluding hydrogens is 432 g/mol. The Balaban J connectivity index is 1.50. The second-order valence-corrected chi connectivity index (χ2v) is 7.64. The lowest BCUT2D eigenvalue weighted by Crippen LogP contribution is -2.33. The Labute approximate surface area is 178 Å². The number of carbonyl (C=O) groups excluding carboxylic acids is 1. The molecule has 0 spiro atoms. The maximum Gasteiger partial charge on any atom is 0.418 e. The minimum absolute atomic E-state index is 0.0573. The van der Waals surface area contributed by atoms with Crippen LogP contribution in [-0.2, 0) is 24.1 Å². The molecule has 166 valence electrons. The Morgan fingerprint density at radius 1 is 1.22 bits per heavy atom. The fourth-order valence-corrected chi connectivity index (χ4v) is 4.01. The van der Waals surface area contributed by atoms with E-state index in [1.54, 1.807) is 0 Å². The number of alkyl halides is 3. The molecule has 4 heterocycles. The van der Waals surface area contributed by atoms with Crippen molar-refractivity contribution in [2.45, 2.75) is 25.4 Å². The van der Waals surface area contributed by atoms with Crippen LogP contribution in [0.4, 0.5) is 23.4 Å². The number of fused-ring (bicyclic) bond motifs is 4. The second-order valence-electron chi connectivity index (χ2n) is 7.64. The van der Waals surface area contributed by atoms with Gasteiger partial charge in [0.15, 0.2) is 0 Å². The van der Waals surface area contributed by atoms with Gasteiger partial charge in [-0.25, -0.2) is 9.37 Å². The smallest absolute Gasteiger partial charge is 0.418 e. The van der Waals surface area contributed by atoms with E-state index in [4.69, 9.17) is 15.2 Å². The minimum Gasteiger partial charge on any atom is -0.489 e. The van der Waals surface area contributed by atoms with Crippen LogP contribution < -0.4 is 10.5 Å². The van der Waals surface area contributed by atoms with Gasteiger partial charge in [0.25, 0.3) is 5.91 Å². The molecule has 3 aromatic rings. The highest BCUT2D eigenvalue weighted by atomic mass is 19.4. The summed E-state index contributed by atoms with van der Waals surface area (Å²) in [7, 11) is 1.42. The number of nitrogens with zero attached hydrogens (tertiary/aromatic N) is 3. The highest BCUT2D eigenvalue weighted by Gasteiger charge is 2.37. The van der Waals surface area contributed by atoms with Gasteiger partial charge in [0, 0.05) is 30.3 Å². The highest BCUT2D eigenvalue weighted by Crippen LogP contribution is 2.39. The van der Waals surface area contributed by atoms with Crippen LogP contribution in [0.3, 0.4) is 0 Å². The van der Waals surface area contributed by atoms with Crippen LogP contribution in [0.25, 0.3) is 10.9 Å². The number of carbonyl (C=O) groups is 1. The number of hydrogen-bond donors (Lipinski definition) is 1. The number of ether oxygens (including phenoxy) is 2. The molecule has 11 heteroatoms. The topological polar surface area (TPSA) is 90.6 Å². The van der Waals surface area contributed by atoms with Crippen molar-refractivity contribution in [1.82, 2.24) is 14.9 Å². The normalized spacial score (nSPS) is 17.2. The van der Waals surface area contributed by atoms with Crippen molar-refractivity contribution >= 4 is 22.6 Å². The summed E-state index contributed by atoms with van der Waals surface area (Å²) >= 11 is 0. The summed E-state index contributed by atoms with van der Waals surface area (Å²) < 4.78 is 64.4. The van der Waals surface area contributed by atoms with Crippen LogP contribution in [0.15, 0.2) is 24.4 Å². The van der Waals surface area contributed by atoms with Gasteiger partial charge in [0.2, 0.25) is 0 Å². The molecule has 0 bridgehead atoms. The van der Waals surface area contributed by atoms with E-state index in [1.807, 2.05) is 0 Å². The number of pyridine rings is 2. The van der Waals surface area contributed by atoms with Crippen molar-refractivity contribution in [3.8, 4) is 5.75 Å². The van der Waals surface area contributed by atoms with Crippen molar-refractivity contribution in [3.63, 3.8) is 0 Å². The summed E-state index contributed by atoms with van der Waals surface area (Å²) in [5.74, 6) is -1.26. The Bertz CT molecular complexity index is 1280. The quantitative estimate of drug-likeness (QED) is 0.603. The number of rotatable bonds is 2. The summed E-state index contributed by atoms with van der Waals surface area (Å²) in [6.07, 6.45) is -3.88. The average Bonchev–Trinajstić information content (AvgIpc) is 3.39. The molecule has 7 nitrogen and oxygen atoms in total. The third kappa shape index (κ3) is 3.11. The molecule has 32 heavy (non-hydrogen) atoms. The molecule has 2 aliphatic rings. The molecule has 0 saturated carbocycles. The third-order valence-corrected chi connectivity index (χ3v) is 5.76. The molecule has 2 aliphatic heterocycles. The van der Waals surface area contributed by atoms with Gasteiger partial charge in [0.05, 0.1) is 29.9 Å². The van der Waals surface area contributed by atoms with Crippen molar-refractivity contribution in [2.75, 3.05) is 19.4 Å². The van der Waals surface area contributed by atoms with Gasteiger partial charge >= 0.3 is 6.18 Å². The summed E-state index contributed by atoms with van der Waals surface area (Å²) in [6.45, 7) is 0.456. The van der Waals surface area contributed by atoms with Crippen LogP contribution >= 0.6 is 0 Å². The van der Waals surface area contributed by atoms with Crippen LogP contribution in [0.5, 0.6) is 5.75 Å². The molecule has 1 atom stereocenters. The fourth-order valence-electron chi connectivity index (χ4n) is 4.01. The largest absolute Gasteiger partial charge is 0.489 e.